The molecular weight excluding hydrogens is 314 g/mol. The van der Waals surface area contributed by atoms with Crippen LogP contribution in [0.5, 0.6) is 17.2 Å². The van der Waals surface area contributed by atoms with Crippen LogP contribution in [0.4, 0.5) is 5.69 Å². The number of ether oxygens (including phenoxy) is 4. The molecule has 0 aliphatic carbocycles. The van der Waals surface area contributed by atoms with Gasteiger partial charge in [0, 0.05) is 23.3 Å². The Bertz CT molecular complexity index is 729. The van der Waals surface area contributed by atoms with Crippen molar-refractivity contribution in [2.24, 2.45) is 0 Å². The first-order valence-corrected chi connectivity index (χ1v) is 7.53. The number of fused-ring (bicyclic) bond motifs is 1. The maximum atomic E-state index is 11.1. The van der Waals surface area contributed by atoms with Crippen LogP contribution in [-0.4, -0.2) is 18.3 Å². The summed E-state index contributed by atoms with van der Waals surface area (Å²) in [7, 11) is 0. The Morgan fingerprint density at radius 1 is 1.17 bits per heavy atom. The minimum absolute atomic E-state index is 0.00635. The SMILES string of the molecule is CCOc1ccc(OCc2cc([N+](=O)[O-])cc3c2OCOC3)cc1. The summed E-state index contributed by atoms with van der Waals surface area (Å²) in [6, 6.07) is 10.1. The topological polar surface area (TPSA) is 80.1 Å². The highest BCUT2D eigenvalue weighted by molar-refractivity contribution is 5.50. The molecule has 126 valence electrons. The van der Waals surface area contributed by atoms with E-state index in [1.54, 1.807) is 12.1 Å². The van der Waals surface area contributed by atoms with Gasteiger partial charge in [-0.15, -0.1) is 0 Å². The van der Waals surface area contributed by atoms with Crippen molar-refractivity contribution in [1.82, 2.24) is 0 Å². The molecule has 0 amide bonds. The van der Waals surface area contributed by atoms with E-state index < -0.39 is 4.92 Å². The zero-order chi connectivity index (χ0) is 16.9. The zero-order valence-electron chi connectivity index (χ0n) is 13.2. The van der Waals surface area contributed by atoms with E-state index in [9.17, 15) is 10.1 Å². The number of nitro groups is 1. The molecule has 0 saturated carbocycles. The van der Waals surface area contributed by atoms with E-state index in [1.807, 2.05) is 19.1 Å². The normalized spacial score (nSPS) is 12.9. The van der Waals surface area contributed by atoms with Crippen molar-refractivity contribution in [3.05, 3.63) is 57.6 Å². The smallest absolute Gasteiger partial charge is 0.270 e. The van der Waals surface area contributed by atoms with Crippen LogP contribution < -0.4 is 14.2 Å². The van der Waals surface area contributed by atoms with Gasteiger partial charge >= 0.3 is 0 Å². The third-order valence-corrected chi connectivity index (χ3v) is 3.51. The maximum Gasteiger partial charge on any atom is 0.270 e. The molecule has 2 aromatic carbocycles. The van der Waals surface area contributed by atoms with Gasteiger partial charge in [-0.3, -0.25) is 10.1 Å². The molecule has 1 heterocycles. The van der Waals surface area contributed by atoms with E-state index in [4.69, 9.17) is 18.9 Å². The molecule has 0 bridgehead atoms. The summed E-state index contributed by atoms with van der Waals surface area (Å²) in [4.78, 5) is 10.6. The number of hydrogen-bond donors (Lipinski definition) is 0. The summed E-state index contributed by atoms with van der Waals surface area (Å²) in [5.41, 5.74) is 1.27. The monoisotopic (exact) mass is 331 g/mol. The van der Waals surface area contributed by atoms with Crippen LogP contribution in [0.2, 0.25) is 0 Å². The Morgan fingerprint density at radius 3 is 2.54 bits per heavy atom. The molecule has 0 radical (unpaired) electrons. The molecule has 7 nitrogen and oxygen atoms in total. The molecule has 0 spiro atoms. The minimum Gasteiger partial charge on any atom is -0.494 e. The van der Waals surface area contributed by atoms with Crippen LogP contribution in [-0.2, 0) is 18.0 Å². The molecule has 2 aromatic rings. The molecule has 0 N–H and O–H groups in total. The van der Waals surface area contributed by atoms with E-state index in [1.165, 1.54) is 12.1 Å². The van der Waals surface area contributed by atoms with Gasteiger partial charge in [-0.2, -0.15) is 0 Å². The van der Waals surface area contributed by atoms with Crippen LogP contribution in [0.25, 0.3) is 0 Å². The fourth-order valence-electron chi connectivity index (χ4n) is 2.45. The minimum atomic E-state index is -0.435. The second-order valence-corrected chi connectivity index (χ2v) is 5.15. The molecule has 1 aliphatic heterocycles. The lowest BCUT2D eigenvalue weighted by molar-refractivity contribution is -0.385. The molecule has 24 heavy (non-hydrogen) atoms. The van der Waals surface area contributed by atoms with Crippen molar-refractivity contribution in [3.8, 4) is 17.2 Å². The molecular formula is C17H17NO6. The van der Waals surface area contributed by atoms with Gasteiger partial charge in [0.25, 0.3) is 5.69 Å². The second-order valence-electron chi connectivity index (χ2n) is 5.15. The van der Waals surface area contributed by atoms with Crippen molar-refractivity contribution < 1.29 is 23.9 Å². The summed E-state index contributed by atoms with van der Waals surface area (Å²) >= 11 is 0. The Labute approximate surface area is 138 Å². The van der Waals surface area contributed by atoms with E-state index in [2.05, 4.69) is 0 Å². The lowest BCUT2D eigenvalue weighted by Crippen LogP contribution is -2.14. The third-order valence-electron chi connectivity index (χ3n) is 3.51. The summed E-state index contributed by atoms with van der Waals surface area (Å²) in [5.74, 6) is 2.00. The van der Waals surface area contributed by atoms with E-state index >= 15 is 0 Å². The fourth-order valence-corrected chi connectivity index (χ4v) is 2.45. The molecule has 0 saturated heterocycles. The first-order valence-electron chi connectivity index (χ1n) is 7.53. The molecule has 3 rings (SSSR count). The molecule has 1 aliphatic rings. The molecule has 7 heteroatoms. The first kappa shape index (κ1) is 16.1. The van der Waals surface area contributed by atoms with Crippen LogP contribution in [0.1, 0.15) is 18.1 Å². The average Bonchev–Trinajstić information content (AvgIpc) is 2.61. The molecule has 0 aromatic heterocycles. The van der Waals surface area contributed by atoms with Crippen LogP contribution in [0, 0.1) is 10.1 Å². The van der Waals surface area contributed by atoms with Gasteiger partial charge in [-0.25, -0.2) is 0 Å². The zero-order valence-corrected chi connectivity index (χ0v) is 13.2. The van der Waals surface area contributed by atoms with Gasteiger partial charge in [0.1, 0.15) is 23.9 Å². The maximum absolute atomic E-state index is 11.1. The summed E-state index contributed by atoms with van der Waals surface area (Å²) in [5, 5.41) is 11.1. The Kier molecular flexibility index (Phi) is 4.81. The number of rotatable bonds is 6. The van der Waals surface area contributed by atoms with Crippen LogP contribution in [0.3, 0.4) is 0 Å². The number of nitrogens with zero attached hydrogens (tertiary/aromatic N) is 1. The first-order chi connectivity index (χ1) is 11.7. The quantitative estimate of drug-likeness (QED) is 0.596. The second kappa shape index (κ2) is 7.18. The number of hydrogen-bond acceptors (Lipinski definition) is 6. The van der Waals surface area contributed by atoms with Crippen molar-refractivity contribution in [2.75, 3.05) is 13.4 Å². The number of non-ortho nitro benzene ring substituents is 1. The van der Waals surface area contributed by atoms with Crippen molar-refractivity contribution in [3.63, 3.8) is 0 Å². The lowest BCUT2D eigenvalue weighted by Gasteiger charge is -2.20. The van der Waals surface area contributed by atoms with Gasteiger partial charge in [0.05, 0.1) is 18.1 Å². The number of benzene rings is 2. The summed E-state index contributed by atoms with van der Waals surface area (Å²) in [6.07, 6.45) is 0. The standard InChI is InChI=1S/C17H17NO6/c1-2-22-15-3-5-16(6-4-15)23-10-13-8-14(18(19)20)7-12-9-21-11-24-17(12)13/h3-8H,2,9-11H2,1H3. The highest BCUT2D eigenvalue weighted by Gasteiger charge is 2.21. The summed E-state index contributed by atoms with van der Waals surface area (Å²) < 4.78 is 21.8. The van der Waals surface area contributed by atoms with Gasteiger partial charge in [-0.05, 0) is 31.2 Å². The van der Waals surface area contributed by atoms with Crippen LogP contribution >= 0.6 is 0 Å². The Morgan fingerprint density at radius 2 is 1.88 bits per heavy atom. The van der Waals surface area contributed by atoms with E-state index in [0.29, 0.717) is 29.2 Å². The van der Waals surface area contributed by atoms with E-state index in [-0.39, 0.29) is 25.7 Å². The fraction of sp³-hybridized carbons (Fsp3) is 0.294. The highest BCUT2D eigenvalue weighted by Crippen LogP contribution is 2.33. The lowest BCUT2D eigenvalue weighted by atomic mass is 10.1. The predicted octanol–water partition coefficient (Wildman–Crippen LogP) is 3.44. The Balaban J connectivity index is 1.78. The highest BCUT2D eigenvalue weighted by atomic mass is 16.7. The van der Waals surface area contributed by atoms with Crippen LogP contribution in [0.15, 0.2) is 36.4 Å². The van der Waals surface area contributed by atoms with Gasteiger partial charge < -0.3 is 18.9 Å². The molecule has 0 atom stereocenters. The van der Waals surface area contributed by atoms with Crippen molar-refractivity contribution in [1.29, 1.82) is 0 Å². The van der Waals surface area contributed by atoms with Gasteiger partial charge in [0.15, 0.2) is 6.79 Å². The van der Waals surface area contributed by atoms with Gasteiger partial charge in [0.2, 0.25) is 0 Å². The molecule has 0 fully saturated rings. The third kappa shape index (κ3) is 3.57. The largest absolute Gasteiger partial charge is 0.494 e. The average molecular weight is 331 g/mol. The van der Waals surface area contributed by atoms with Crippen molar-refractivity contribution in [2.45, 2.75) is 20.1 Å². The number of nitro benzene ring substituents is 1. The summed E-state index contributed by atoms with van der Waals surface area (Å²) in [6.45, 7) is 3.09. The predicted molar refractivity (Wildman–Crippen MR) is 85.3 cm³/mol. The molecule has 0 unspecified atom stereocenters. The van der Waals surface area contributed by atoms with Crippen molar-refractivity contribution >= 4 is 5.69 Å². The Hall–Kier alpha value is -2.80. The van der Waals surface area contributed by atoms with Gasteiger partial charge in [-0.1, -0.05) is 0 Å². The van der Waals surface area contributed by atoms with E-state index in [0.717, 1.165) is 5.75 Å².